The molecule has 2 aromatic carbocycles. The van der Waals surface area contributed by atoms with E-state index in [9.17, 15) is 9.59 Å². The molecule has 2 aromatic rings. The molecule has 27 heavy (non-hydrogen) atoms. The van der Waals surface area contributed by atoms with Crippen molar-refractivity contribution in [2.45, 2.75) is 45.7 Å². The number of aryl methyl sites for hydroxylation is 1. The molecular weight excluding hydrogens is 367 g/mol. The molecule has 0 bridgehead atoms. The average molecular weight is 391 g/mol. The fourth-order valence-corrected chi connectivity index (χ4v) is 3.26. The predicted molar refractivity (Wildman–Crippen MR) is 105 cm³/mol. The fraction of sp³-hybridized carbons (Fsp3) is 0.333. The summed E-state index contributed by atoms with van der Waals surface area (Å²) in [6.45, 7) is 5.61. The Balaban J connectivity index is 2.39. The van der Waals surface area contributed by atoms with E-state index in [1.807, 2.05) is 13.8 Å². The normalized spacial score (nSPS) is 13.2. The standard InChI is InChI=1S/C21H24ClFN2O2/c1-4-17(25-13(3)11-18(24)26)15-9-10-16(22)19(20(15)23)21(27)14-7-5-12(2)6-8-14/h5-10,13,17,25H,4,11H2,1-3H3,(H2,24,26). The first-order chi connectivity index (χ1) is 12.7. The minimum atomic E-state index is -0.640. The van der Waals surface area contributed by atoms with Gasteiger partial charge in [0, 0.05) is 29.6 Å². The van der Waals surface area contributed by atoms with Crippen LogP contribution in [0.3, 0.4) is 0 Å². The van der Waals surface area contributed by atoms with E-state index in [1.165, 1.54) is 6.07 Å². The summed E-state index contributed by atoms with van der Waals surface area (Å²) in [4.78, 5) is 23.9. The Bertz CT molecular complexity index is 837. The van der Waals surface area contributed by atoms with Crippen molar-refractivity contribution in [3.8, 4) is 0 Å². The van der Waals surface area contributed by atoms with Gasteiger partial charge in [-0.3, -0.25) is 9.59 Å². The minimum Gasteiger partial charge on any atom is -0.370 e. The SMILES string of the molecule is CCC(NC(C)CC(N)=O)c1ccc(Cl)c(C(=O)c2ccc(C)cc2)c1F. The molecule has 2 unspecified atom stereocenters. The number of hydrogen-bond donors (Lipinski definition) is 2. The quantitative estimate of drug-likeness (QED) is 0.659. The Labute approximate surface area is 163 Å². The van der Waals surface area contributed by atoms with Crippen LogP contribution in [0.25, 0.3) is 0 Å². The van der Waals surface area contributed by atoms with Gasteiger partial charge in [-0.15, -0.1) is 0 Å². The first-order valence-corrected chi connectivity index (χ1v) is 9.26. The van der Waals surface area contributed by atoms with E-state index in [0.29, 0.717) is 17.5 Å². The molecule has 0 saturated heterocycles. The molecule has 4 nitrogen and oxygen atoms in total. The lowest BCUT2D eigenvalue weighted by molar-refractivity contribution is -0.118. The van der Waals surface area contributed by atoms with Crippen molar-refractivity contribution in [1.29, 1.82) is 0 Å². The molecule has 0 aromatic heterocycles. The highest BCUT2D eigenvalue weighted by atomic mass is 35.5. The molecule has 0 fully saturated rings. The van der Waals surface area contributed by atoms with Gasteiger partial charge in [-0.2, -0.15) is 0 Å². The molecule has 0 aliphatic rings. The van der Waals surface area contributed by atoms with Crippen LogP contribution in [0.1, 0.15) is 59.8 Å². The van der Waals surface area contributed by atoms with Gasteiger partial charge in [-0.25, -0.2) is 4.39 Å². The number of hydrogen-bond acceptors (Lipinski definition) is 3. The van der Waals surface area contributed by atoms with Crippen LogP contribution in [0.15, 0.2) is 36.4 Å². The number of amides is 1. The summed E-state index contributed by atoms with van der Waals surface area (Å²) in [5, 5.41) is 3.26. The third-order valence-corrected chi connectivity index (χ3v) is 4.75. The highest BCUT2D eigenvalue weighted by Crippen LogP contribution is 2.30. The van der Waals surface area contributed by atoms with Gasteiger partial charge in [0.25, 0.3) is 0 Å². The Morgan fingerprint density at radius 2 is 1.81 bits per heavy atom. The van der Waals surface area contributed by atoms with Crippen LogP contribution < -0.4 is 11.1 Å². The smallest absolute Gasteiger partial charge is 0.218 e. The molecule has 0 aliphatic carbocycles. The Morgan fingerprint density at radius 1 is 1.19 bits per heavy atom. The van der Waals surface area contributed by atoms with E-state index >= 15 is 4.39 Å². The van der Waals surface area contributed by atoms with Crippen LogP contribution in [0.2, 0.25) is 5.02 Å². The van der Waals surface area contributed by atoms with Crippen molar-refractivity contribution < 1.29 is 14.0 Å². The maximum atomic E-state index is 15.3. The Kier molecular flexibility index (Phi) is 7.11. The van der Waals surface area contributed by atoms with Crippen molar-refractivity contribution in [3.05, 3.63) is 69.5 Å². The van der Waals surface area contributed by atoms with Crippen molar-refractivity contribution in [2.24, 2.45) is 5.73 Å². The molecule has 0 heterocycles. The van der Waals surface area contributed by atoms with Crippen LogP contribution in [0.4, 0.5) is 4.39 Å². The lowest BCUT2D eigenvalue weighted by atomic mass is 9.95. The van der Waals surface area contributed by atoms with Gasteiger partial charge in [0.2, 0.25) is 5.91 Å². The zero-order valence-electron chi connectivity index (χ0n) is 15.7. The lowest BCUT2D eigenvalue weighted by Gasteiger charge is -2.23. The van der Waals surface area contributed by atoms with Crippen molar-refractivity contribution >= 4 is 23.3 Å². The Hall–Kier alpha value is -2.24. The largest absolute Gasteiger partial charge is 0.370 e. The van der Waals surface area contributed by atoms with Crippen LogP contribution in [-0.2, 0) is 4.79 Å². The summed E-state index contributed by atoms with van der Waals surface area (Å²) in [6, 6.07) is 9.41. The molecule has 0 saturated carbocycles. The number of nitrogens with one attached hydrogen (secondary N) is 1. The van der Waals surface area contributed by atoms with E-state index in [-0.39, 0.29) is 29.1 Å². The van der Waals surface area contributed by atoms with Crippen LogP contribution in [0.5, 0.6) is 0 Å². The summed E-state index contributed by atoms with van der Waals surface area (Å²) in [7, 11) is 0. The zero-order chi connectivity index (χ0) is 20.1. The molecular formula is C21H24ClFN2O2. The van der Waals surface area contributed by atoms with E-state index in [2.05, 4.69) is 5.32 Å². The van der Waals surface area contributed by atoms with Gasteiger partial charge in [-0.05, 0) is 26.3 Å². The third-order valence-electron chi connectivity index (χ3n) is 4.44. The van der Waals surface area contributed by atoms with Crippen LogP contribution >= 0.6 is 11.6 Å². The number of carbonyl (C=O) groups is 2. The minimum absolute atomic E-state index is 0.0712. The number of ketones is 1. The van der Waals surface area contributed by atoms with Gasteiger partial charge in [0.1, 0.15) is 5.82 Å². The van der Waals surface area contributed by atoms with Crippen LogP contribution in [0, 0.1) is 12.7 Å². The second-order valence-corrected chi connectivity index (χ2v) is 7.13. The number of carbonyl (C=O) groups excluding carboxylic acids is 2. The number of halogens is 2. The molecule has 0 radical (unpaired) electrons. The molecule has 2 rings (SSSR count). The van der Waals surface area contributed by atoms with Crippen molar-refractivity contribution in [3.63, 3.8) is 0 Å². The topological polar surface area (TPSA) is 72.2 Å². The number of rotatable bonds is 8. The molecule has 144 valence electrons. The van der Waals surface area contributed by atoms with Gasteiger partial charge in [0.15, 0.2) is 5.78 Å². The van der Waals surface area contributed by atoms with E-state index in [1.54, 1.807) is 37.3 Å². The maximum Gasteiger partial charge on any atom is 0.218 e. The maximum absolute atomic E-state index is 15.3. The van der Waals surface area contributed by atoms with Crippen molar-refractivity contribution in [1.82, 2.24) is 5.32 Å². The Morgan fingerprint density at radius 3 is 2.37 bits per heavy atom. The summed E-state index contributed by atoms with van der Waals surface area (Å²) in [5.41, 5.74) is 6.81. The molecule has 1 amide bonds. The van der Waals surface area contributed by atoms with E-state index in [0.717, 1.165) is 5.56 Å². The van der Waals surface area contributed by atoms with Gasteiger partial charge >= 0.3 is 0 Å². The summed E-state index contributed by atoms with van der Waals surface area (Å²) in [6.07, 6.45) is 0.709. The second kappa shape index (κ2) is 9.11. The average Bonchev–Trinajstić information content (AvgIpc) is 2.60. The summed E-state index contributed by atoms with van der Waals surface area (Å²) < 4.78 is 15.3. The fourth-order valence-electron chi connectivity index (χ4n) is 3.03. The van der Waals surface area contributed by atoms with Gasteiger partial charge in [-0.1, -0.05) is 54.4 Å². The molecule has 2 atom stereocenters. The lowest BCUT2D eigenvalue weighted by Crippen LogP contribution is -2.34. The molecule has 0 spiro atoms. The third kappa shape index (κ3) is 5.15. The van der Waals surface area contributed by atoms with Crippen LogP contribution in [-0.4, -0.2) is 17.7 Å². The first-order valence-electron chi connectivity index (χ1n) is 8.88. The first kappa shape index (κ1) is 21.1. The summed E-state index contributed by atoms with van der Waals surface area (Å²) >= 11 is 6.16. The van der Waals surface area contributed by atoms with Crippen molar-refractivity contribution in [2.75, 3.05) is 0 Å². The highest BCUT2D eigenvalue weighted by molar-refractivity contribution is 6.35. The second-order valence-electron chi connectivity index (χ2n) is 6.72. The number of benzene rings is 2. The van der Waals surface area contributed by atoms with Gasteiger partial charge < -0.3 is 11.1 Å². The molecule has 0 aliphatic heterocycles. The monoisotopic (exact) mass is 390 g/mol. The highest BCUT2D eigenvalue weighted by Gasteiger charge is 2.25. The predicted octanol–water partition coefficient (Wildman–Crippen LogP) is 4.32. The van der Waals surface area contributed by atoms with E-state index < -0.39 is 17.5 Å². The number of nitrogens with two attached hydrogens (primary N) is 1. The molecule has 3 N–H and O–H groups in total. The summed E-state index contributed by atoms with van der Waals surface area (Å²) in [5.74, 6) is -1.53. The molecule has 6 heteroatoms. The van der Waals surface area contributed by atoms with E-state index in [4.69, 9.17) is 17.3 Å². The number of primary amides is 1. The zero-order valence-corrected chi connectivity index (χ0v) is 16.4. The van der Waals surface area contributed by atoms with Gasteiger partial charge in [0.05, 0.1) is 10.6 Å².